The third-order valence-corrected chi connectivity index (χ3v) is 3.90. The van der Waals surface area contributed by atoms with Gasteiger partial charge in [-0.15, -0.1) is 0 Å². The smallest absolute Gasteiger partial charge is 0.272 e. The van der Waals surface area contributed by atoms with Crippen LogP contribution in [0.3, 0.4) is 0 Å². The molecule has 1 aliphatic rings. The van der Waals surface area contributed by atoms with Gasteiger partial charge in [-0.05, 0) is 39.3 Å². The molecule has 5 nitrogen and oxygen atoms in total. The van der Waals surface area contributed by atoms with Gasteiger partial charge in [0.25, 0.3) is 5.91 Å². The van der Waals surface area contributed by atoms with E-state index in [9.17, 15) is 4.79 Å². The van der Waals surface area contributed by atoms with Crippen molar-refractivity contribution in [2.45, 2.75) is 45.7 Å². The lowest BCUT2D eigenvalue weighted by Gasteiger charge is -2.31. The van der Waals surface area contributed by atoms with Gasteiger partial charge in [0.2, 0.25) is 0 Å². The van der Waals surface area contributed by atoms with Crippen LogP contribution in [-0.4, -0.2) is 46.8 Å². The minimum Gasteiger partial charge on any atom is -0.337 e. The van der Waals surface area contributed by atoms with Crippen LogP contribution in [0, 0.1) is 0 Å². The molecule has 1 aromatic rings. The second kappa shape index (κ2) is 6.19. The maximum atomic E-state index is 12.5. The molecule has 19 heavy (non-hydrogen) atoms. The highest BCUT2D eigenvalue weighted by molar-refractivity contribution is 5.92. The Hall–Kier alpha value is -1.36. The number of amides is 1. The fraction of sp³-hybridized carbons (Fsp3) is 0.714. The number of piperidine rings is 1. The number of likely N-dealkylation sites (tertiary alicyclic amines) is 1. The summed E-state index contributed by atoms with van der Waals surface area (Å²) in [6.45, 7) is 6.50. The Kier molecular flexibility index (Phi) is 4.58. The van der Waals surface area contributed by atoms with Crippen LogP contribution in [0.15, 0.2) is 6.07 Å². The number of aryl methyl sites for hydroxylation is 2. The van der Waals surface area contributed by atoms with Crippen molar-refractivity contribution in [3.63, 3.8) is 0 Å². The van der Waals surface area contributed by atoms with E-state index in [1.807, 2.05) is 29.6 Å². The fourth-order valence-electron chi connectivity index (χ4n) is 2.59. The third-order valence-electron chi connectivity index (χ3n) is 3.90. The lowest BCUT2D eigenvalue weighted by Crippen LogP contribution is -2.44. The average Bonchev–Trinajstić information content (AvgIpc) is 2.90. The van der Waals surface area contributed by atoms with Gasteiger partial charge in [-0.25, -0.2) is 0 Å². The molecule has 0 saturated carbocycles. The molecule has 106 valence electrons. The molecule has 2 rings (SSSR count). The lowest BCUT2D eigenvalue weighted by atomic mass is 10.1. The molecule has 0 unspecified atom stereocenters. The van der Waals surface area contributed by atoms with Crippen molar-refractivity contribution in [2.24, 2.45) is 0 Å². The first kappa shape index (κ1) is 14.1. The molecule has 0 aliphatic carbocycles. The summed E-state index contributed by atoms with van der Waals surface area (Å²) in [5.41, 5.74) is 1.73. The molecular formula is C14H24N4O. The van der Waals surface area contributed by atoms with E-state index < -0.39 is 0 Å². The van der Waals surface area contributed by atoms with Crippen molar-refractivity contribution in [3.05, 3.63) is 17.5 Å². The second-order valence-electron chi connectivity index (χ2n) is 5.05. The Morgan fingerprint density at radius 2 is 2.11 bits per heavy atom. The van der Waals surface area contributed by atoms with Crippen molar-refractivity contribution in [1.82, 2.24) is 20.0 Å². The van der Waals surface area contributed by atoms with Crippen LogP contribution in [0.2, 0.25) is 0 Å². The predicted molar refractivity (Wildman–Crippen MR) is 75.3 cm³/mol. The number of hydrogen-bond donors (Lipinski definition) is 1. The van der Waals surface area contributed by atoms with Crippen LogP contribution in [0.25, 0.3) is 0 Å². The first-order chi connectivity index (χ1) is 9.19. The molecule has 0 aromatic carbocycles. The molecule has 1 N–H and O–H groups in total. The summed E-state index contributed by atoms with van der Waals surface area (Å²) in [5.74, 6) is 0.128. The number of rotatable bonds is 4. The molecule has 0 atom stereocenters. The molecule has 1 saturated heterocycles. The zero-order valence-corrected chi connectivity index (χ0v) is 12.1. The maximum Gasteiger partial charge on any atom is 0.272 e. The van der Waals surface area contributed by atoms with Crippen molar-refractivity contribution in [1.29, 1.82) is 0 Å². The molecule has 5 heteroatoms. The van der Waals surface area contributed by atoms with Gasteiger partial charge in [0, 0.05) is 25.7 Å². The van der Waals surface area contributed by atoms with Crippen molar-refractivity contribution in [2.75, 3.05) is 20.1 Å². The third kappa shape index (κ3) is 2.97. The Morgan fingerprint density at radius 3 is 2.63 bits per heavy atom. The van der Waals surface area contributed by atoms with E-state index in [1.165, 1.54) is 0 Å². The minimum atomic E-state index is 0.128. The van der Waals surface area contributed by atoms with Crippen LogP contribution in [0.1, 0.15) is 42.9 Å². The van der Waals surface area contributed by atoms with E-state index in [0.717, 1.165) is 50.3 Å². The first-order valence-electron chi connectivity index (χ1n) is 7.22. The van der Waals surface area contributed by atoms with Gasteiger partial charge >= 0.3 is 0 Å². The highest BCUT2D eigenvalue weighted by atomic mass is 16.2. The number of hydrogen-bond acceptors (Lipinski definition) is 3. The first-order valence-corrected chi connectivity index (χ1v) is 7.22. The van der Waals surface area contributed by atoms with E-state index in [-0.39, 0.29) is 5.91 Å². The van der Waals surface area contributed by atoms with E-state index in [0.29, 0.717) is 6.04 Å². The monoisotopic (exact) mass is 264 g/mol. The number of carbonyl (C=O) groups excluding carboxylic acids is 1. The zero-order valence-electron chi connectivity index (χ0n) is 12.1. The number of nitrogens with zero attached hydrogens (tertiary/aromatic N) is 3. The lowest BCUT2D eigenvalue weighted by molar-refractivity contribution is 0.0695. The predicted octanol–water partition coefficient (Wildman–Crippen LogP) is 1.29. The van der Waals surface area contributed by atoms with Crippen LogP contribution in [-0.2, 0) is 13.0 Å². The van der Waals surface area contributed by atoms with Gasteiger partial charge < -0.3 is 10.2 Å². The molecule has 2 heterocycles. The van der Waals surface area contributed by atoms with Gasteiger partial charge in [0.1, 0.15) is 5.69 Å². The molecule has 1 aromatic heterocycles. The van der Waals surface area contributed by atoms with E-state index in [2.05, 4.69) is 17.3 Å². The molecule has 0 spiro atoms. The summed E-state index contributed by atoms with van der Waals surface area (Å²) in [5, 5.41) is 7.73. The van der Waals surface area contributed by atoms with Crippen molar-refractivity contribution in [3.8, 4) is 0 Å². The van der Waals surface area contributed by atoms with Gasteiger partial charge in [-0.3, -0.25) is 9.48 Å². The summed E-state index contributed by atoms with van der Waals surface area (Å²) in [6.07, 6.45) is 2.93. The van der Waals surface area contributed by atoms with E-state index in [4.69, 9.17) is 0 Å². The minimum absolute atomic E-state index is 0.128. The van der Waals surface area contributed by atoms with Gasteiger partial charge in [-0.1, -0.05) is 6.92 Å². The Bertz CT molecular complexity index is 433. The summed E-state index contributed by atoms with van der Waals surface area (Å²) >= 11 is 0. The topological polar surface area (TPSA) is 50.2 Å². The van der Waals surface area contributed by atoms with Crippen LogP contribution in [0.4, 0.5) is 0 Å². The SMILES string of the molecule is CCc1cc(C(=O)N2CCC(NC)CC2)n(CC)n1. The Morgan fingerprint density at radius 1 is 1.42 bits per heavy atom. The van der Waals surface area contributed by atoms with Crippen LogP contribution >= 0.6 is 0 Å². The fourth-order valence-corrected chi connectivity index (χ4v) is 2.59. The summed E-state index contributed by atoms with van der Waals surface area (Å²) < 4.78 is 1.82. The largest absolute Gasteiger partial charge is 0.337 e. The molecule has 0 radical (unpaired) electrons. The average molecular weight is 264 g/mol. The summed E-state index contributed by atoms with van der Waals surface area (Å²) in [6, 6.07) is 2.49. The highest BCUT2D eigenvalue weighted by Gasteiger charge is 2.25. The number of carbonyl (C=O) groups is 1. The van der Waals surface area contributed by atoms with Crippen molar-refractivity contribution < 1.29 is 4.79 Å². The molecule has 1 aliphatic heterocycles. The summed E-state index contributed by atoms with van der Waals surface area (Å²) in [4.78, 5) is 14.5. The quantitative estimate of drug-likeness (QED) is 0.891. The van der Waals surface area contributed by atoms with Gasteiger partial charge in [0.15, 0.2) is 0 Å². The van der Waals surface area contributed by atoms with E-state index in [1.54, 1.807) is 0 Å². The zero-order chi connectivity index (χ0) is 13.8. The van der Waals surface area contributed by atoms with Crippen LogP contribution in [0.5, 0.6) is 0 Å². The molecule has 1 amide bonds. The Balaban J connectivity index is 2.09. The van der Waals surface area contributed by atoms with Gasteiger partial charge in [0.05, 0.1) is 5.69 Å². The molecular weight excluding hydrogens is 240 g/mol. The van der Waals surface area contributed by atoms with Crippen molar-refractivity contribution >= 4 is 5.91 Å². The second-order valence-corrected chi connectivity index (χ2v) is 5.05. The Labute approximate surface area is 115 Å². The molecule has 1 fully saturated rings. The normalized spacial score (nSPS) is 16.9. The molecule has 0 bridgehead atoms. The number of nitrogens with one attached hydrogen (secondary N) is 1. The maximum absolute atomic E-state index is 12.5. The summed E-state index contributed by atoms with van der Waals surface area (Å²) in [7, 11) is 1.99. The van der Waals surface area contributed by atoms with E-state index >= 15 is 0 Å². The van der Waals surface area contributed by atoms with Crippen LogP contribution < -0.4 is 5.32 Å². The van der Waals surface area contributed by atoms with Gasteiger partial charge in [-0.2, -0.15) is 5.10 Å². The number of aromatic nitrogens is 2. The standard InChI is InChI=1S/C14H24N4O/c1-4-11-10-13(18(5-2)16-11)14(19)17-8-6-12(15-3)7-9-17/h10,12,15H,4-9H2,1-3H3. The highest BCUT2D eigenvalue weighted by Crippen LogP contribution is 2.15.